The van der Waals surface area contributed by atoms with Gasteiger partial charge >= 0.3 is 0 Å². The molecule has 36 heavy (non-hydrogen) atoms. The minimum absolute atomic E-state index is 0.0204. The van der Waals surface area contributed by atoms with Crippen molar-refractivity contribution in [2.45, 2.75) is 26.4 Å². The van der Waals surface area contributed by atoms with Crippen molar-refractivity contribution in [3.63, 3.8) is 0 Å². The number of carbonyl (C=O) groups excluding carboxylic acids is 1. The first-order chi connectivity index (χ1) is 17.0. The lowest BCUT2D eigenvalue weighted by Gasteiger charge is -2.23. The molecule has 0 radical (unpaired) electrons. The molecule has 3 heterocycles. The molecule has 4 aromatic rings. The molecule has 0 bridgehead atoms. The molecule has 1 N–H and O–H groups in total. The third kappa shape index (κ3) is 4.15. The molecule has 1 aliphatic heterocycles. The Morgan fingerprint density at radius 3 is 2.56 bits per heavy atom. The lowest BCUT2D eigenvalue weighted by atomic mass is 9.98. The standard InChI is InChI=1S/C25H23FN4O5S/c1-14-8-18(28-35-14)12-30-13-20-21(25(30)32)24(31)22-19(23(20)29(2)36(3,33)34)10-16(11-27-22)9-15-4-6-17(26)7-5-15/h4-8,10-11,31H,9,12-13H2,1-3H3. The average Bonchev–Trinajstić information content (AvgIpc) is 3.37. The first kappa shape index (κ1) is 23.7. The van der Waals surface area contributed by atoms with Crippen LogP contribution in [0.15, 0.2) is 47.1 Å². The fraction of sp³-hybridized carbons (Fsp3) is 0.240. The average molecular weight is 511 g/mol. The van der Waals surface area contributed by atoms with Crippen LogP contribution in [0.3, 0.4) is 0 Å². The smallest absolute Gasteiger partial charge is 0.258 e. The molecular formula is C25H23FN4O5S. The summed E-state index contributed by atoms with van der Waals surface area (Å²) in [5.41, 5.74) is 2.91. The quantitative estimate of drug-likeness (QED) is 0.422. The molecule has 0 aliphatic carbocycles. The van der Waals surface area contributed by atoms with Crippen LogP contribution >= 0.6 is 0 Å². The number of nitrogens with zero attached hydrogens (tertiary/aromatic N) is 4. The Hall–Kier alpha value is -3.99. The SMILES string of the molecule is Cc1cc(CN2Cc3c(c(O)c4ncc(Cc5ccc(F)cc5)cc4c3N(C)S(C)(=O)=O)C2=O)no1. The minimum atomic E-state index is -3.72. The molecule has 11 heteroatoms. The van der Waals surface area contributed by atoms with Gasteiger partial charge in [-0.25, -0.2) is 12.8 Å². The third-order valence-electron chi connectivity index (χ3n) is 6.26. The van der Waals surface area contributed by atoms with Gasteiger partial charge in [-0.1, -0.05) is 17.3 Å². The van der Waals surface area contributed by atoms with Crippen molar-refractivity contribution in [2.75, 3.05) is 17.6 Å². The van der Waals surface area contributed by atoms with Crippen LogP contribution in [0.4, 0.5) is 10.1 Å². The zero-order chi connectivity index (χ0) is 25.8. The Labute approximate surface area is 206 Å². The number of aromatic nitrogens is 2. The molecule has 0 fully saturated rings. The predicted molar refractivity (Wildman–Crippen MR) is 131 cm³/mol. The number of anilines is 1. The Bertz CT molecular complexity index is 1620. The summed E-state index contributed by atoms with van der Waals surface area (Å²) < 4.78 is 44.7. The van der Waals surface area contributed by atoms with E-state index < -0.39 is 15.9 Å². The molecule has 0 unspecified atom stereocenters. The number of pyridine rings is 1. The van der Waals surface area contributed by atoms with E-state index in [2.05, 4.69) is 10.1 Å². The molecule has 2 aromatic carbocycles. The van der Waals surface area contributed by atoms with Crippen LogP contribution in [0.1, 0.15) is 38.5 Å². The highest BCUT2D eigenvalue weighted by atomic mass is 32.2. The zero-order valence-corrected chi connectivity index (χ0v) is 20.6. The Morgan fingerprint density at radius 1 is 1.19 bits per heavy atom. The number of phenols is 1. The molecule has 1 aliphatic rings. The van der Waals surface area contributed by atoms with Crippen LogP contribution in [-0.2, 0) is 29.5 Å². The number of rotatable bonds is 6. The number of hydrogen-bond acceptors (Lipinski definition) is 7. The van der Waals surface area contributed by atoms with Gasteiger partial charge in [0.2, 0.25) is 10.0 Å². The van der Waals surface area contributed by atoms with Crippen molar-refractivity contribution in [3.05, 3.63) is 82.1 Å². The molecule has 5 rings (SSSR count). The molecular weight excluding hydrogens is 487 g/mol. The Morgan fingerprint density at radius 2 is 1.92 bits per heavy atom. The van der Waals surface area contributed by atoms with Gasteiger partial charge in [-0.05, 0) is 42.7 Å². The summed E-state index contributed by atoms with van der Waals surface area (Å²) >= 11 is 0. The molecule has 0 saturated carbocycles. The van der Waals surface area contributed by atoms with Gasteiger partial charge in [0.1, 0.15) is 22.8 Å². The van der Waals surface area contributed by atoms with Crippen molar-refractivity contribution < 1.29 is 27.2 Å². The van der Waals surface area contributed by atoms with Crippen LogP contribution in [0.5, 0.6) is 5.75 Å². The third-order valence-corrected chi connectivity index (χ3v) is 7.44. The van der Waals surface area contributed by atoms with Gasteiger partial charge < -0.3 is 14.5 Å². The highest BCUT2D eigenvalue weighted by Gasteiger charge is 2.37. The van der Waals surface area contributed by atoms with Gasteiger partial charge in [-0.3, -0.25) is 14.1 Å². The largest absolute Gasteiger partial charge is 0.505 e. The van der Waals surface area contributed by atoms with Gasteiger partial charge in [0.05, 0.1) is 24.1 Å². The predicted octanol–water partition coefficient (Wildman–Crippen LogP) is 3.52. The van der Waals surface area contributed by atoms with Crippen LogP contribution in [0, 0.1) is 12.7 Å². The van der Waals surface area contributed by atoms with E-state index in [9.17, 15) is 22.7 Å². The minimum Gasteiger partial charge on any atom is -0.505 e. The molecule has 0 spiro atoms. The highest BCUT2D eigenvalue weighted by Crippen LogP contribution is 2.45. The number of hydrogen-bond donors (Lipinski definition) is 1. The van der Waals surface area contributed by atoms with Crippen molar-refractivity contribution >= 4 is 32.5 Å². The number of amides is 1. The van der Waals surface area contributed by atoms with E-state index in [1.807, 2.05) is 0 Å². The molecule has 9 nitrogen and oxygen atoms in total. The summed E-state index contributed by atoms with van der Waals surface area (Å²) in [6, 6.07) is 9.50. The van der Waals surface area contributed by atoms with E-state index in [1.54, 1.807) is 37.4 Å². The molecule has 0 saturated heterocycles. The van der Waals surface area contributed by atoms with Crippen molar-refractivity contribution in [1.82, 2.24) is 15.0 Å². The monoisotopic (exact) mass is 510 g/mol. The van der Waals surface area contributed by atoms with E-state index in [-0.39, 0.29) is 41.4 Å². The number of sulfonamides is 1. The first-order valence-corrected chi connectivity index (χ1v) is 12.9. The number of aryl methyl sites for hydroxylation is 1. The van der Waals surface area contributed by atoms with Crippen LogP contribution in [0.2, 0.25) is 0 Å². The lowest BCUT2D eigenvalue weighted by molar-refractivity contribution is 0.0761. The summed E-state index contributed by atoms with van der Waals surface area (Å²) in [7, 11) is -2.32. The topological polar surface area (TPSA) is 117 Å². The number of carbonyl (C=O) groups is 1. The zero-order valence-electron chi connectivity index (χ0n) is 19.8. The lowest BCUT2D eigenvalue weighted by Crippen LogP contribution is -2.26. The Kier molecular flexibility index (Phi) is 5.67. The maximum absolute atomic E-state index is 13.3. The van der Waals surface area contributed by atoms with Gasteiger partial charge in [0.15, 0.2) is 5.75 Å². The van der Waals surface area contributed by atoms with Crippen molar-refractivity contribution in [1.29, 1.82) is 0 Å². The molecule has 186 valence electrons. The van der Waals surface area contributed by atoms with E-state index in [0.29, 0.717) is 28.8 Å². The van der Waals surface area contributed by atoms with Crippen LogP contribution in [-0.4, -0.2) is 47.8 Å². The van der Waals surface area contributed by atoms with Gasteiger partial charge in [0.25, 0.3) is 5.91 Å². The Balaban J connectivity index is 1.66. The first-order valence-electron chi connectivity index (χ1n) is 11.1. The van der Waals surface area contributed by atoms with Gasteiger partial charge in [0, 0.05) is 36.8 Å². The van der Waals surface area contributed by atoms with Gasteiger partial charge in [-0.2, -0.15) is 0 Å². The van der Waals surface area contributed by atoms with E-state index in [4.69, 9.17) is 4.52 Å². The maximum atomic E-state index is 13.3. The second kappa shape index (κ2) is 8.59. The second-order valence-electron chi connectivity index (χ2n) is 8.91. The summed E-state index contributed by atoms with van der Waals surface area (Å²) in [6.07, 6.45) is 3.04. The van der Waals surface area contributed by atoms with E-state index in [0.717, 1.165) is 21.7 Å². The number of benzene rings is 2. The van der Waals surface area contributed by atoms with Gasteiger partial charge in [-0.15, -0.1) is 0 Å². The number of aromatic hydroxyl groups is 1. The van der Waals surface area contributed by atoms with E-state index >= 15 is 0 Å². The van der Waals surface area contributed by atoms with E-state index in [1.165, 1.54) is 24.1 Å². The summed E-state index contributed by atoms with van der Waals surface area (Å²) in [6.45, 7) is 1.94. The summed E-state index contributed by atoms with van der Waals surface area (Å²) in [5.74, 6) is -0.505. The molecule has 1 amide bonds. The second-order valence-corrected chi connectivity index (χ2v) is 10.9. The number of phenolic OH excluding ortho intramolecular Hbond substituents is 1. The highest BCUT2D eigenvalue weighted by molar-refractivity contribution is 7.92. The van der Waals surface area contributed by atoms with Crippen molar-refractivity contribution in [2.24, 2.45) is 0 Å². The summed E-state index contributed by atoms with van der Waals surface area (Å²) in [4.78, 5) is 19.2. The molecule has 0 atom stereocenters. The maximum Gasteiger partial charge on any atom is 0.258 e. The van der Waals surface area contributed by atoms with Crippen LogP contribution in [0.25, 0.3) is 10.9 Å². The van der Waals surface area contributed by atoms with Crippen molar-refractivity contribution in [3.8, 4) is 5.75 Å². The fourth-order valence-electron chi connectivity index (χ4n) is 4.50. The normalized spacial score (nSPS) is 13.4. The summed E-state index contributed by atoms with van der Waals surface area (Å²) in [5, 5.41) is 15.4. The number of halogens is 1. The number of fused-ring (bicyclic) bond motifs is 2. The van der Waals surface area contributed by atoms with Crippen LogP contribution < -0.4 is 4.31 Å². The molecule has 2 aromatic heterocycles. The fourth-order valence-corrected chi connectivity index (χ4v) is 5.04.